The quantitative estimate of drug-likeness (QED) is 0.634. The van der Waals surface area contributed by atoms with E-state index in [2.05, 4.69) is 60.3 Å². The normalized spacial score (nSPS) is 14.9. The smallest absolute Gasteiger partial charge is 0.0607 e. The Balaban J connectivity index is 2.24. The van der Waals surface area contributed by atoms with E-state index in [0.717, 1.165) is 25.4 Å². The molecule has 0 fully saturated rings. The van der Waals surface area contributed by atoms with E-state index in [4.69, 9.17) is 0 Å². The number of thiol groups is 1. The van der Waals surface area contributed by atoms with Crippen LogP contribution >= 0.6 is 12.6 Å². The summed E-state index contributed by atoms with van der Waals surface area (Å²) in [6.07, 6.45) is 0. The predicted octanol–water partition coefficient (Wildman–Crippen LogP) is 2.43. The predicted molar refractivity (Wildman–Crippen MR) is 74.9 cm³/mol. The Morgan fingerprint density at radius 2 is 2.00 bits per heavy atom. The third-order valence-corrected chi connectivity index (χ3v) is 3.42. The number of hydrogen-bond acceptors (Lipinski definition) is 3. The maximum atomic E-state index is 4.27. The van der Waals surface area contributed by atoms with Gasteiger partial charge in [0, 0.05) is 32.4 Å². The van der Waals surface area contributed by atoms with Gasteiger partial charge in [-0.25, -0.2) is 0 Å². The zero-order valence-corrected chi connectivity index (χ0v) is 10.6. The van der Waals surface area contributed by atoms with Crippen molar-refractivity contribution in [1.29, 1.82) is 0 Å². The van der Waals surface area contributed by atoms with E-state index in [-0.39, 0.29) is 0 Å². The molecule has 0 atom stereocenters. The van der Waals surface area contributed by atoms with Crippen LogP contribution in [0.15, 0.2) is 36.4 Å². The van der Waals surface area contributed by atoms with Crippen LogP contribution in [0.3, 0.4) is 0 Å². The van der Waals surface area contributed by atoms with Crippen LogP contribution in [0.2, 0.25) is 0 Å². The summed E-state index contributed by atoms with van der Waals surface area (Å²) in [4.78, 5) is 4.68. The first-order chi connectivity index (χ1) is 7.72. The molecule has 1 heterocycles. The van der Waals surface area contributed by atoms with E-state index >= 15 is 0 Å². The summed E-state index contributed by atoms with van der Waals surface area (Å²) >= 11 is 4.27. The molecule has 86 valence electrons. The zero-order valence-electron chi connectivity index (χ0n) is 9.69. The number of hydrogen-bond donors (Lipinski definition) is 1. The highest BCUT2D eigenvalue weighted by Gasteiger charge is 2.19. The highest BCUT2D eigenvalue weighted by Crippen LogP contribution is 2.31. The minimum atomic E-state index is 0.758. The van der Waals surface area contributed by atoms with Gasteiger partial charge in [-0.3, -0.25) is 0 Å². The first-order valence-corrected chi connectivity index (χ1v) is 6.18. The number of anilines is 2. The number of benzene rings is 1. The molecule has 0 unspecified atom stereocenters. The molecule has 16 heavy (non-hydrogen) atoms. The highest BCUT2D eigenvalue weighted by molar-refractivity contribution is 7.80. The topological polar surface area (TPSA) is 6.48 Å². The summed E-state index contributed by atoms with van der Waals surface area (Å²) in [7, 11) is 2.14. The van der Waals surface area contributed by atoms with Gasteiger partial charge in [0.2, 0.25) is 0 Å². The van der Waals surface area contributed by atoms with Gasteiger partial charge in [-0.1, -0.05) is 18.7 Å². The molecule has 0 saturated carbocycles. The van der Waals surface area contributed by atoms with Crippen molar-refractivity contribution < 1.29 is 0 Å². The Labute approximate surface area is 103 Å². The minimum Gasteiger partial charge on any atom is -0.371 e. The van der Waals surface area contributed by atoms with Gasteiger partial charge < -0.3 is 9.80 Å². The van der Waals surface area contributed by atoms with Crippen LogP contribution in [0, 0.1) is 0 Å². The molecule has 0 saturated heterocycles. The highest BCUT2D eigenvalue weighted by atomic mass is 32.1. The first kappa shape index (κ1) is 11.4. The Bertz CT molecular complexity index is 389. The zero-order chi connectivity index (χ0) is 11.5. The van der Waals surface area contributed by atoms with Gasteiger partial charge >= 0.3 is 0 Å². The van der Waals surface area contributed by atoms with Crippen molar-refractivity contribution in [2.45, 2.75) is 0 Å². The van der Waals surface area contributed by atoms with Crippen LogP contribution in [0.4, 0.5) is 11.4 Å². The van der Waals surface area contributed by atoms with Crippen molar-refractivity contribution in [3.8, 4) is 0 Å². The molecular weight excluding hydrogens is 216 g/mol. The molecule has 0 amide bonds. The lowest BCUT2D eigenvalue weighted by Gasteiger charge is -2.37. The van der Waals surface area contributed by atoms with Gasteiger partial charge in [-0.2, -0.15) is 12.6 Å². The van der Waals surface area contributed by atoms with Crippen LogP contribution < -0.4 is 9.80 Å². The van der Waals surface area contributed by atoms with E-state index in [1.165, 1.54) is 16.9 Å². The number of nitrogens with zero attached hydrogens (tertiary/aromatic N) is 2. The summed E-state index contributed by atoms with van der Waals surface area (Å²) < 4.78 is 0. The van der Waals surface area contributed by atoms with Crippen molar-refractivity contribution in [1.82, 2.24) is 0 Å². The van der Waals surface area contributed by atoms with Gasteiger partial charge in [0.1, 0.15) is 0 Å². The number of rotatable bonds is 3. The Morgan fingerprint density at radius 3 is 2.69 bits per heavy atom. The molecule has 3 heteroatoms. The van der Waals surface area contributed by atoms with Crippen molar-refractivity contribution in [3.63, 3.8) is 0 Å². The van der Waals surface area contributed by atoms with Gasteiger partial charge in [-0.05, 0) is 17.7 Å². The standard InChI is InChI=1S/C13H18N2S/c1-11(10-16)9-15-8-7-14(2)12-5-3-4-6-13(12)15/h3-6,16H,1,7-10H2,2H3. The van der Waals surface area contributed by atoms with Crippen LogP contribution in [0.5, 0.6) is 0 Å². The van der Waals surface area contributed by atoms with E-state index in [1.54, 1.807) is 0 Å². The fourth-order valence-corrected chi connectivity index (χ4v) is 2.15. The van der Waals surface area contributed by atoms with Gasteiger partial charge in [-0.15, -0.1) is 0 Å². The van der Waals surface area contributed by atoms with Gasteiger partial charge in [0.05, 0.1) is 11.4 Å². The van der Waals surface area contributed by atoms with E-state index in [1.807, 2.05) is 0 Å². The summed E-state index contributed by atoms with van der Waals surface area (Å²) in [6.45, 7) is 7.06. The van der Waals surface area contributed by atoms with Crippen LogP contribution in [0.1, 0.15) is 0 Å². The monoisotopic (exact) mass is 234 g/mol. The maximum Gasteiger partial charge on any atom is 0.0607 e. The molecular formula is C13H18N2S. The van der Waals surface area contributed by atoms with Crippen molar-refractivity contribution in [3.05, 3.63) is 36.4 Å². The number of likely N-dealkylation sites (N-methyl/N-ethyl adjacent to an activating group) is 1. The Hall–Kier alpha value is -1.09. The second-order valence-corrected chi connectivity index (χ2v) is 4.56. The van der Waals surface area contributed by atoms with Crippen LogP contribution in [-0.4, -0.2) is 32.4 Å². The van der Waals surface area contributed by atoms with Crippen LogP contribution in [0.25, 0.3) is 0 Å². The third-order valence-electron chi connectivity index (χ3n) is 2.98. The average molecular weight is 234 g/mol. The first-order valence-electron chi connectivity index (χ1n) is 5.55. The molecule has 1 aromatic carbocycles. The van der Waals surface area contributed by atoms with Gasteiger partial charge in [0.15, 0.2) is 0 Å². The molecule has 0 aromatic heterocycles. The molecule has 0 aliphatic carbocycles. The fourth-order valence-electron chi connectivity index (χ4n) is 2.05. The lowest BCUT2D eigenvalue weighted by molar-refractivity contribution is 0.762. The van der Waals surface area contributed by atoms with Crippen molar-refractivity contribution in [2.24, 2.45) is 0 Å². The molecule has 2 nitrogen and oxygen atoms in total. The maximum absolute atomic E-state index is 4.27. The van der Waals surface area contributed by atoms with Crippen molar-refractivity contribution >= 4 is 24.0 Å². The molecule has 1 aliphatic heterocycles. The Morgan fingerprint density at radius 1 is 1.31 bits per heavy atom. The van der Waals surface area contributed by atoms with E-state index in [0.29, 0.717) is 0 Å². The van der Waals surface area contributed by atoms with E-state index < -0.39 is 0 Å². The summed E-state index contributed by atoms with van der Waals surface area (Å²) in [5.74, 6) is 0.758. The summed E-state index contributed by atoms with van der Waals surface area (Å²) in [5.41, 5.74) is 3.78. The largest absolute Gasteiger partial charge is 0.371 e. The van der Waals surface area contributed by atoms with Crippen molar-refractivity contribution in [2.75, 3.05) is 42.2 Å². The average Bonchev–Trinajstić information content (AvgIpc) is 2.33. The number of para-hydroxylation sites is 2. The lowest BCUT2D eigenvalue weighted by atomic mass is 10.1. The molecule has 0 spiro atoms. The second kappa shape index (κ2) is 4.83. The summed E-state index contributed by atoms with van der Waals surface area (Å²) in [6, 6.07) is 8.53. The molecule has 0 N–H and O–H groups in total. The molecule has 2 rings (SSSR count). The molecule has 0 bridgehead atoms. The van der Waals surface area contributed by atoms with E-state index in [9.17, 15) is 0 Å². The minimum absolute atomic E-state index is 0.758. The van der Waals surface area contributed by atoms with Crippen LogP contribution in [-0.2, 0) is 0 Å². The molecule has 0 radical (unpaired) electrons. The fraction of sp³-hybridized carbons (Fsp3) is 0.385. The lowest BCUT2D eigenvalue weighted by Crippen LogP contribution is -2.40. The SMILES string of the molecule is C=C(CS)CN1CCN(C)c2ccccc21. The molecule has 1 aromatic rings. The second-order valence-electron chi connectivity index (χ2n) is 4.24. The van der Waals surface area contributed by atoms with Gasteiger partial charge in [0.25, 0.3) is 0 Å². The third kappa shape index (κ3) is 2.19. The Kier molecular flexibility index (Phi) is 3.44. The molecule has 1 aliphatic rings. The number of fused-ring (bicyclic) bond motifs is 1. The summed E-state index contributed by atoms with van der Waals surface area (Å²) in [5, 5.41) is 0.